The maximum absolute atomic E-state index is 13.5. The van der Waals surface area contributed by atoms with E-state index in [1.165, 1.54) is 22.8 Å². The molecule has 0 aliphatic rings. The number of aryl methyl sites for hydroxylation is 2. The molecule has 0 spiro atoms. The summed E-state index contributed by atoms with van der Waals surface area (Å²) in [6.45, 7) is 5.14. The standard InChI is InChI=1S/C18H22FN/c1-13-7-8-14(2)18(11-13)17(9-10-20-3)15-5-4-6-16(19)12-15/h4-8,11-12,17,20H,9-10H2,1-3H3. The van der Waals surface area contributed by atoms with Crippen molar-refractivity contribution in [1.29, 1.82) is 0 Å². The molecule has 0 aliphatic heterocycles. The van der Waals surface area contributed by atoms with Gasteiger partial charge in [0.15, 0.2) is 0 Å². The van der Waals surface area contributed by atoms with E-state index in [-0.39, 0.29) is 11.7 Å². The Morgan fingerprint density at radius 1 is 1.10 bits per heavy atom. The fourth-order valence-electron chi connectivity index (χ4n) is 2.65. The van der Waals surface area contributed by atoms with E-state index in [4.69, 9.17) is 0 Å². The van der Waals surface area contributed by atoms with Gasteiger partial charge in [-0.3, -0.25) is 0 Å². The lowest BCUT2D eigenvalue weighted by Gasteiger charge is -2.21. The first-order valence-corrected chi connectivity index (χ1v) is 7.09. The van der Waals surface area contributed by atoms with Gasteiger partial charge in [-0.2, -0.15) is 0 Å². The third kappa shape index (κ3) is 3.45. The predicted molar refractivity (Wildman–Crippen MR) is 82.7 cm³/mol. The normalized spacial score (nSPS) is 12.4. The van der Waals surface area contributed by atoms with Crippen LogP contribution in [-0.4, -0.2) is 13.6 Å². The second-order valence-electron chi connectivity index (χ2n) is 5.36. The summed E-state index contributed by atoms with van der Waals surface area (Å²) in [7, 11) is 1.95. The van der Waals surface area contributed by atoms with Crippen molar-refractivity contribution in [2.24, 2.45) is 0 Å². The number of halogens is 1. The van der Waals surface area contributed by atoms with Gasteiger partial charge in [0, 0.05) is 5.92 Å². The van der Waals surface area contributed by atoms with Gasteiger partial charge in [-0.25, -0.2) is 4.39 Å². The Hall–Kier alpha value is -1.67. The van der Waals surface area contributed by atoms with E-state index in [9.17, 15) is 4.39 Å². The van der Waals surface area contributed by atoms with E-state index in [0.29, 0.717) is 0 Å². The van der Waals surface area contributed by atoms with Gasteiger partial charge in [0.1, 0.15) is 5.82 Å². The van der Waals surface area contributed by atoms with Crippen molar-refractivity contribution in [2.75, 3.05) is 13.6 Å². The molecule has 0 aromatic heterocycles. The lowest BCUT2D eigenvalue weighted by atomic mass is 9.85. The molecule has 20 heavy (non-hydrogen) atoms. The summed E-state index contributed by atoms with van der Waals surface area (Å²) in [5, 5.41) is 3.19. The number of benzene rings is 2. The first kappa shape index (κ1) is 14.7. The van der Waals surface area contributed by atoms with Crippen LogP contribution in [0.5, 0.6) is 0 Å². The zero-order valence-corrected chi connectivity index (χ0v) is 12.4. The molecule has 2 aromatic carbocycles. The topological polar surface area (TPSA) is 12.0 Å². The molecule has 0 aliphatic carbocycles. The molecule has 0 bridgehead atoms. The van der Waals surface area contributed by atoms with Crippen LogP contribution in [0.2, 0.25) is 0 Å². The Morgan fingerprint density at radius 2 is 1.90 bits per heavy atom. The van der Waals surface area contributed by atoms with E-state index in [1.807, 2.05) is 13.1 Å². The van der Waals surface area contributed by atoms with Gasteiger partial charge in [-0.05, 0) is 62.7 Å². The molecule has 0 radical (unpaired) electrons. The fourth-order valence-corrected chi connectivity index (χ4v) is 2.65. The molecule has 0 fully saturated rings. The first-order valence-electron chi connectivity index (χ1n) is 7.09. The molecule has 0 heterocycles. The van der Waals surface area contributed by atoms with Gasteiger partial charge >= 0.3 is 0 Å². The van der Waals surface area contributed by atoms with Gasteiger partial charge in [-0.1, -0.05) is 35.9 Å². The second kappa shape index (κ2) is 6.67. The fraction of sp³-hybridized carbons (Fsp3) is 0.333. The Bertz CT molecular complexity index is 577. The number of hydrogen-bond acceptors (Lipinski definition) is 1. The van der Waals surface area contributed by atoms with E-state index in [2.05, 4.69) is 37.4 Å². The number of hydrogen-bond donors (Lipinski definition) is 1. The lowest BCUT2D eigenvalue weighted by molar-refractivity contribution is 0.615. The summed E-state index contributed by atoms with van der Waals surface area (Å²) in [5.74, 6) is 0.0697. The maximum Gasteiger partial charge on any atom is 0.123 e. The molecule has 1 N–H and O–H groups in total. The molecule has 0 saturated heterocycles. The van der Waals surface area contributed by atoms with Gasteiger partial charge < -0.3 is 5.32 Å². The van der Waals surface area contributed by atoms with Crippen molar-refractivity contribution in [2.45, 2.75) is 26.2 Å². The van der Waals surface area contributed by atoms with Crippen molar-refractivity contribution in [3.63, 3.8) is 0 Å². The quantitative estimate of drug-likeness (QED) is 0.860. The van der Waals surface area contributed by atoms with Crippen LogP contribution in [0.4, 0.5) is 4.39 Å². The van der Waals surface area contributed by atoms with Gasteiger partial charge in [-0.15, -0.1) is 0 Å². The molecule has 1 atom stereocenters. The zero-order chi connectivity index (χ0) is 14.5. The highest BCUT2D eigenvalue weighted by Crippen LogP contribution is 2.31. The van der Waals surface area contributed by atoms with Crippen LogP contribution in [0.25, 0.3) is 0 Å². The minimum absolute atomic E-state index is 0.165. The van der Waals surface area contributed by atoms with Crippen molar-refractivity contribution >= 4 is 0 Å². The Kier molecular flexibility index (Phi) is 4.91. The van der Waals surface area contributed by atoms with Gasteiger partial charge in [0.2, 0.25) is 0 Å². The SMILES string of the molecule is CNCCC(c1cccc(F)c1)c1cc(C)ccc1C. The van der Waals surface area contributed by atoms with Crippen LogP contribution in [0.1, 0.15) is 34.6 Å². The third-order valence-electron chi connectivity index (χ3n) is 3.74. The highest BCUT2D eigenvalue weighted by Gasteiger charge is 2.16. The van der Waals surface area contributed by atoms with Crippen molar-refractivity contribution in [3.05, 3.63) is 70.5 Å². The Morgan fingerprint density at radius 3 is 2.60 bits per heavy atom. The third-order valence-corrected chi connectivity index (χ3v) is 3.74. The molecule has 2 aromatic rings. The summed E-state index contributed by atoms with van der Waals surface area (Å²) in [6.07, 6.45) is 0.963. The van der Waals surface area contributed by atoms with Crippen molar-refractivity contribution in [1.82, 2.24) is 5.32 Å². The zero-order valence-electron chi connectivity index (χ0n) is 12.4. The molecule has 106 valence electrons. The highest BCUT2D eigenvalue weighted by molar-refractivity contribution is 5.39. The smallest absolute Gasteiger partial charge is 0.123 e. The summed E-state index contributed by atoms with van der Waals surface area (Å²) in [4.78, 5) is 0. The van der Waals surface area contributed by atoms with Crippen LogP contribution in [-0.2, 0) is 0 Å². The average molecular weight is 271 g/mol. The van der Waals surface area contributed by atoms with Crippen LogP contribution in [0.15, 0.2) is 42.5 Å². The summed E-state index contributed by atoms with van der Waals surface area (Å²) < 4.78 is 13.5. The van der Waals surface area contributed by atoms with Crippen molar-refractivity contribution in [3.8, 4) is 0 Å². The van der Waals surface area contributed by atoms with Gasteiger partial charge in [0.25, 0.3) is 0 Å². The summed E-state index contributed by atoms with van der Waals surface area (Å²) >= 11 is 0. The van der Waals surface area contributed by atoms with Crippen molar-refractivity contribution < 1.29 is 4.39 Å². The number of rotatable bonds is 5. The molecular formula is C18H22FN. The summed E-state index contributed by atoms with van der Waals surface area (Å²) in [6, 6.07) is 13.5. The number of nitrogens with one attached hydrogen (secondary N) is 1. The van der Waals surface area contributed by atoms with Crippen LogP contribution >= 0.6 is 0 Å². The van der Waals surface area contributed by atoms with Gasteiger partial charge in [0.05, 0.1) is 0 Å². The van der Waals surface area contributed by atoms with Crippen LogP contribution in [0.3, 0.4) is 0 Å². The molecule has 2 rings (SSSR count). The lowest BCUT2D eigenvalue weighted by Crippen LogP contribution is -2.14. The molecular weight excluding hydrogens is 249 g/mol. The first-order chi connectivity index (χ1) is 9.61. The minimum atomic E-state index is -0.165. The maximum atomic E-state index is 13.5. The van der Waals surface area contributed by atoms with Crippen LogP contribution in [0, 0.1) is 19.7 Å². The molecule has 0 saturated carbocycles. The van der Waals surface area contributed by atoms with E-state index in [1.54, 1.807) is 12.1 Å². The Balaban J connectivity index is 2.44. The van der Waals surface area contributed by atoms with Crippen LogP contribution < -0.4 is 5.32 Å². The molecule has 0 amide bonds. The largest absolute Gasteiger partial charge is 0.320 e. The summed E-state index contributed by atoms with van der Waals surface area (Å²) in [5.41, 5.74) is 4.86. The Labute approximate surface area is 120 Å². The van der Waals surface area contributed by atoms with E-state index < -0.39 is 0 Å². The highest BCUT2D eigenvalue weighted by atomic mass is 19.1. The molecule has 1 unspecified atom stereocenters. The minimum Gasteiger partial charge on any atom is -0.320 e. The van der Waals surface area contributed by atoms with E-state index >= 15 is 0 Å². The second-order valence-corrected chi connectivity index (χ2v) is 5.36. The average Bonchev–Trinajstić information content (AvgIpc) is 2.43. The predicted octanol–water partition coefficient (Wildman–Crippen LogP) is 4.18. The monoisotopic (exact) mass is 271 g/mol. The molecule has 1 nitrogen and oxygen atoms in total. The van der Waals surface area contributed by atoms with E-state index in [0.717, 1.165) is 18.5 Å². The molecule has 2 heteroatoms.